The number of carbonyl (C=O) groups is 1. The van der Waals surface area contributed by atoms with Crippen molar-refractivity contribution in [3.8, 4) is 5.82 Å². The van der Waals surface area contributed by atoms with Crippen molar-refractivity contribution in [1.29, 1.82) is 0 Å². The summed E-state index contributed by atoms with van der Waals surface area (Å²) in [6.07, 6.45) is 0.378. The van der Waals surface area contributed by atoms with Crippen molar-refractivity contribution in [1.82, 2.24) is 20.0 Å². The predicted octanol–water partition coefficient (Wildman–Crippen LogP) is 1.74. The molecule has 7 heteroatoms. The number of anilines is 1. The molecule has 1 aliphatic rings. The van der Waals surface area contributed by atoms with Crippen LogP contribution in [0.1, 0.15) is 29.2 Å². The van der Waals surface area contributed by atoms with Crippen molar-refractivity contribution in [3.63, 3.8) is 0 Å². The van der Waals surface area contributed by atoms with E-state index in [1.54, 1.807) is 10.7 Å². The van der Waals surface area contributed by atoms with Crippen molar-refractivity contribution in [2.24, 2.45) is 0 Å². The second-order valence-electron chi connectivity index (χ2n) is 5.75. The van der Waals surface area contributed by atoms with Gasteiger partial charge in [0.05, 0.1) is 5.69 Å². The fourth-order valence-electron chi connectivity index (χ4n) is 3.14. The Morgan fingerprint density at radius 1 is 1.12 bits per heavy atom. The van der Waals surface area contributed by atoms with Crippen molar-refractivity contribution >= 4 is 11.7 Å². The molecule has 1 amide bonds. The molecule has 0 aliphatic carbocycles. The number of H-pyrrole nitrogens is 1. The van der Waals surface area contributed by atoms with E-state index in [0.29, 0.717) is 18.1 Å². The first-order valence-electron chi connectivity index (χ1n) is 7.64. The molecular weight excluding hydrogens is 306 g/mol. The molecule has 2 N–H and O–H groups in total. The molecule has 7 nitrogen and oxygen atoms in total. The lowest BCUT2D eigenvalue weighted by Crippen LogP contribution is -2.25. The first kappa shape index (κ1) is 14.4. The van der Waals surface area contributed by atoms with E-state index < -0.39 is 0 Å². The molecule has 0 saturated heterocycles. The molecule has 0 unspecified atom stereocenters. The summed E-state index contributed by atoms with van der Waals surface area (Å²) in [5.41, 5.74) is 2.59. The third-order valence-corrected chi connectivity index (χ3v) is 4.19. The number of aromatic amines is 1. The standard InChI is InChI=1S/C17H15N5O2/c1-10-16-12(11-5-3-2-4-6-11)9-15(24)18-17(16)22(21-10)13-7-8-14(23)20-19-13/h2-8,12H,9H2,1H3,(H,18,24)(H,20,23)/t12-/m1/s1. The third-order valence-electron chi connectivity index (χ3n) is 4.19. The number of aryl methyl sites for hydroxylation is 1. The van der Waals surface area contributed by atoms with Crippen LogP contribution in [0, 0.1) is 6.92 Å². The number of fused-ring (bicyclic) bond motifs is 1. The maximum absolute atomic E-state index is 12.2. The van der Waals surface area contributed by atoms with E-state index >= 15 is 0 Å². The number of benzene rings is 1. The van der Waals surface area contributed by atoms with E-state index in [4.69, 9.17) is 0 Å². The molecule has 1 aliphatic heterocycles. The average molecular weight is 321 g/mol. The lowest BCUT2D eigenvalue weighted by molar-refractivity contribution is -0.116. The molecule has 24 heavy (non-hydrogen) atoms. The van der Waals surface area contributed by atoms with Gasteiger partial charge < -0.3 is 5.32 Å². The Kier molecular flexibility index (Phi) is 3.26. The minimum absolute atomic E-state index is 0.0496. The maximum atomic E-state index is 12.2. The van der Waals surface area contributed by atoms with Crippen LogP contribution in [0.15, 0.2) is 47.3 Å². The monoisotopic (exact) mass is 321 g/mol. The molecule has 120 valence electrons. The molecule has 3 heterocycles. The average Bonchev–Trinajstić information content (AvgIpc) is 2.92. The Morgan fingerprint density at radius 3 is 2.62 bits per heavy atom. The van der Waals surface area contributed by atoms with Gasteiger partial charge in [0, 0.05) is 24.0 Å². The lowest BCUT2D eigenvalue weighted by atomic mass is 9.86. The second kappa shape index (κ2) is 5.45. The molecule has 0 saturated carbocycles. The van der Waals surface area contributed by atoms with E-state index in [1.165, 1.54) is 6.07 Å². The Labute approximate surface area is 137 Å². The molecule has 4 rings (SSSR count). The zero-order valence-corrected chi connectivity index (χ0v) is 13.0. The molecule has 0 fully saturated rings. The maximum Gasteiger partial charge on any atom is 0.264 e. The first-order chi connectivity index (χ1) is 11.6. The summed E-state index contributed by atoms with van der Waals surface area (Å²) < 4.78 is 1.56. The van der Waals surface area contributed by atoms with Gasteiger partial charge >= 0.3 is 0 Å². The number of hydrogen-bond acceptors (Lipinski definition) is 4. The van der Waals surface area contributed by atoms with Gasteiger partial charge in [0.1, 0.15) is 5.82 Å². The van der Waals surface area contributed by atoms with Crippen LogP contribution in [0.4, 0.5) is 5.82 Å². The fourth-order valence-corrected chi connectivity index (χ4v) is 3.14. The summed E-state index contributed by atoms with van der Waals surface area (Å²) in [5.74, 6) is 0.943. The first-order valence-corrected chi connectivity index (χ1v) is 7.64. The van der Waals surface area contributed by atoms with E-state index in [9.17, 15) is 9.59 Å². The van der Waals surface area contributed by atoms with Gasteiger partial charge in [-0.2, -0.15) is 14.9 Å². The number of hydrogen-bond donors (Lipinski definition) is 2. The Morgan fingerprint density at radius 2 is 1.92 bits per heavy atom. The highest BCUT2D eigenvalue weighted by atomic mass is 16.1. The van der Waals surface area contributed by atoms with Crippen molar-refractivity contribution in [3.05, 3.63) is 69.6 Å². The summed E-state index contributed by atoms with van der Waals surface area (Å²) in [7, 11) is 0. The number of rotatable bonds is 2. The summed E-state index contributed by atoms with van der Waals surface area (Å²) in [6, 6.07) is 12.9. The number of carbonyl (C=O) groups excluding carboxylic acids is 1. The summed E-state index contributed by atoms with van der Waals surface area (Å²) in [4.78, 5) is 23.4. The van der Waals surface area contributed by atoms with Crippen molar-refractivity contribution in [2.75, 3.05) is 5.32 Å². The third kappa shape index (κ3) is 2.30. The van der Waals surface area contributed by atoms with Crippen molar-refractivity contribution < 1.29 is 4.79 Å². The van der Waals surface area contributed by atoms with Crippen LogP contribution < -0.4 is 10.9 Å². The SMILES string of the molecule is Cc1nn(-c2ccc(=O)[nH]n2)c2c1[C@@H](c1ccccc1)CC(=O)N2. The molecular formula is C17H15N5O2. The Bertz CT molecular complexity index is 954. The highest BCUT2D eigenvalue weighted by Gasteiger charge is 2.32. The largest absolute Gasteiger partial charge is 0.310 e. The van der Waals surface area contributed by atoms with E-state index in [2.05, 4.69) is 20.6 Å². The zero-order chi connectivity index (χ0) is 16.7. The van der Waals surface area contributed by atoms with Gasteiger partial charge in [0.25, 0.3) is 5.56 Å². The zero-order valence-electron chi connectivity index (χ0n) is 13.0. The number of nitrogens with zero attached hydrogens (tertiary/aromatic N) is 3. The minimum Gasteiger partial charge on any atom is -0.310 e. The normalized spacial score (nSPS) is 16.5. The minimum atomic E-state index is -0.289. The molecule has 1 aromatic carbocycles. The van der Waals surface area contributed by atoms with Gasteiger partial charge in [-0.25, -0.2) is 5.10 Å². The Hall–Kier alpha value is -3.22. The topological polar surface area (TPSA) is 92.7 Å². The molecule has 0 radical (unpaired) electrons. The van der Waals surface area contributed by atoms with E-state index in [0.717, 1.165) is 16.8 Å². The van der Waals surface area contributed by atoms with Gasteiger partial charge in [-0.05, 0) is 18.6 Å². The summed E-state index contributed by atoms with van der Waals surface area (Å²) >= 11 is 0. The van der Waals surface area contributed by atoms with E-state index in [-0.39, 0.29) is 17.4 Å². The summed E-state index contributed by atoms with van der Waals surface area (Å²) in [6.45, 7) is 1.91. The molecule has 3 aromatic rings. The summed E-state index contributed by atoms with van der Waals surface area (Å²) in [5, 5.41) is 13.8. The van der Waals surface area contributed by atoms with Crippen molar-refractivity contribution in [2.45, 2.75) is 19.3 Å². The molecule has 0 bridgehead atoms. The molecule has 1 atom stereocenters. The Balaban J connectivity index is 1.89. The second-order valence-corrected chi connectivity index (χ2v) is 5.75. The van der Waals surface area contributed by atoms with E-state index in [1.807, 2.05) is 37.3 Å². The van der Waals surface area contributed by atoms with Crippen LogP contribution in [0.5, 0.6) is 0 Å². The fraction of sp³-hybridized carbons (Fsp3) is 0.176. The lowest BCUT2D eigenvalue weighted by Gasteiger charge is -2.24. The highest BCUT2D eigenvalue weighted by molar-refractivity contribution is 5.95. The van der Waals surface area contributed by atoms with Gasteiger partial charge in [-0.3, -0.25) is 9.59 Å². The quantitative estimate of drug-likeness (QED) is 0.752. The number of aromatic nitrogens is 4. The van der Waals surface area contributed by atoms with Crippen LogP contribution in [-0.4, -0.2) is 25.9 Å². The number of nitrogens with one attached hydrogen (secondary N) is 2. The van der Waals surface area contributed by atoms with Gasteiger partial charge in [0.15, 0.2) is 5.82 Å². The van der Waals surface area contributed by atoms with Crippen LogP contribution in [-0.2, 0) is 4.79 Å². The van der Waals surface area contributed by atoms with Crippen LogP contribution >= 0.6 is 0 Å². The van der Waals surface area contributed by atoms with Gasteiger partial charge in [-0.15, -0.1) is 0 Å². The van der Waals surface area contributed by atoms with Gasteiger partial charge in [-0.1, -0.05) is 30.3 Å². The predicted molar refractivity (Wildman–Crippen MR) is 88.2 cm³/mol. The molecule has 0 spiro atoms. The van der Waals surface area contributed by atoms with Crippen LogP contribution in [0.25, 0.3) is 5.82 Å². The van der Waals surface area contributed by atoms with Crippen LogP contribution in [0.2, 0.25) is 0 Å². The van der Waals surface area contributed by atoms with Gasteiger partial charge in [0.2, 0.25) is 5.91 Å². The smallest absolute Gasteiger partial charge is 0.264 e. The molecule has 2 aromatic heterocycles. The highest BCUT2D eigenvalue weighted by Crippen LogP contribution is 2.39. The number of amides is 1. The van der Waals surface area contributed by atoms with Crippen LogP contribution in [0.3, 0.4) is 0 Å².